The number of amides is 3. The summed E-state index contributed by atoms with van der Waals surface area (Å²) in [4.78, 5) is 40.8. The number of furan rings is 1. The number of likely N-dealkylation sites (tertiary alicyclic amines) is 1. The molecule has 1 aromatic heterocycles. The van der Waals surface area contributed by atoms with Crippen molar-refractivity contribution >= 4 is 17.7 Å². The lowest BCUT2D eigenvalue weighted by Crippen LogP contribution is -2.45. The van der Waals surface area contributed by atoms with Gasteiger partial charge in [0.15, 0.2) is 5.76 Å². The summed E-state index contributed by atoms with van der Waals surface area (Å²) < 4.78 is 5.58. The molecule has 166 valence electrons. The highest BCUT2D eigenvalue weighted by Gasteiger charge is 2.34. The molecular formula is C23H30N4O4. The number of hydrogen-bond acceptors (Lipinski definition) is 5. The molecule has 2 aromatic rings. The van der Waals surface area contributed by atoms with Crippen LogP contribution in [0.2, 0.25) is 0 Å². The van der Waals surface area contributed by atoms with Crippen LogP contribution >= 0.6 is 0 Å². The average molecular weight is 427 g/mol. The molecule has 1 saturated heterocycles. The highest BCUT2D eigenvalue weighted by atomic mass is 16.4. The van der Waals surface area contributed by atoms with Gasteiger partial charge in [0.25, 0.3) is 0 Å². The van der Waals surface area contributed by atoms with Crippen LogP contribution in [0.15, 0.2) is 46.9 Å². The van der Waals surface area contributed by atoms with Gasteiger partial charge in [-0.2, -0.15) is 0 Å². The molecule has 1 aliphatic heterocycles. The third-order valence-electron chi connectivity index (χ3n) is 5.56. The van der Waals surface area contributed by atoms with Crippen LogP contribution in [-0.4, -0.2) is 53.7 Å². The zero-order valence-electron chi connectivity index (χ0n) is 18.1. The highest BCUT2D eigenvalue weighted by molar-refractivity contribution is 5.94. The van der Waals surface area contributed by atoms with Crippen LogP contribution in [0, 0.1) is 5.92 Å². The Labute approximate surface area is 182 Å². The van der Waals surface area contributed by atoms with Crippen molar-refractivity contribution in [2.24, 2.45) is 5.92 Å². The maximum atomic E-state index is 12.4. The minimum absolute atomic E-state index is 0.0468. The summed E-state index contributed by atoms with van der Waals surface area (Å²) in [7, 11) is 0. The number of nitrogens with zero attached hydrogens (tertiary/aromatic N) is 2. The van der Waals surface area contributed by atoms with Crippen molar-refractivity contribution < 1.29 is 18.8 Å². The smallest absolute Gasteiger partial charge is 0.305 e. The molecule has 0 radical (unpaired) electrons. The van der Waals surface area contributed by atoms with Crippen molar-refractivity contribution in [2.45, 2.75) is 33.2 Å². The second-order valence-electron chi connectivity index (χ2n) is 7.65. The molecule has 8 nitrogen and oxygen atoms in total. The van der Waals surface area contributed by atoms with Crippen LogP contribution in [0.4, 0.5) is 0 Å². The fraction of sp³-hybridized carbons (Fsp3) is 0.435. The topological polar surface area (TPSA) is 94.9 Å². The lowest BCUT2D eigenvalue weighted by molar-refractivity contribution is -0.129. The van der Waals surface area contributed by atoms with Gasteiger partial charge in [0, 0.05) is 19.5 Å². The van der Waals surface area contributed by atoms with E-state index in [0.29, 0.717) is 25.4 Å². The van der Waals surface area contributed by atoms with Gasteiger partial charge in [0.1, 0.15) is 5.76 Å². The van der Waals surface area contributed by atoms with Crippen molar-refractivity contribution in [3.63, 3.8) is 0 Å². The van der Waals surface area contributed by atoms with Gasteiger partial charge in [0.2, 0.25) is 11.8 Å². The molecule has 31 heavy (non-hydrogen) atoms. The summed E-state index contributed by atoms with van der Waals surface area (Å²) in [6.07, 6.45) is 0.886. The van der Waals surface area contributed by atoms with Gasteiger partial charge in [-0.15, -0.1) is 0 Å². The first-order valence-electron chi connectivity index (χ1n) is 10.7. The molecule has 3 rings (SSSR count). The van der Waals surface area contributed by atoms with Gasteiger partial charge < -0.3 is 9.32 Å². The average Bonchev–Trinajstić information content (AvgIpc) is 3.41. The van der Waals surface area contributed by atoms with Crippen LogP contribution in [0.25, 0.3) is 0 Å². The number of hydrogen-bond donors (Lipinski definition) is 2. The number of hydrazine groups is 1. The van der Waals surface area contributed by atoms with Crippen LogP contribution in [0.3, 0.4) is 0 Å². The van der Waals surface area contributed by atoms with E-state index in [9.17, 15) is 14.4 Å². The predicted octanol–water partition coefficient (Wildman–Crippen LogP) is 1.97. The van der Waals surface area contributed by atoms with E-state index >= 15 is 0 Å². The van der Waals surface area contributed by atoms with Gasteiger partial charge in [-0.05, 0) is 37.2 Å². The maximum Gasteiger partial charge on any atom is 0.305 e. The van der Waals surface area contributed by atoms with Gasteiger partial charge in [-0.3, -0.25) is 30.1 Å². The molecule has 1 aromatic carbocycles. The normalized spacial score (nSPS) is 16.0. The summed E-state index contributed by atoms with van der Waals surface area (Å²) in [6.45, 7) is 7.44. The Hall–Kier alpha value is -3.13. The first kappa shape index (κ1) is 22.6. The number of benzene rings is 1. The van der Waals surface area contributed by atoms with E-state index < -0.39 is 11.8 Å². The molecule has 0 spiro atoms. The third kappa shape index (κ3) is 6.18. The fourth-order valence-electron chi connectivity index (χ4n) is 3.61. The monoisotopic (exact) mass is 426 g/mol. The Morgan fingerprint density at radius 3 is 2.55 bits per heavy atom. The number of nitrogens with one attached hydrogen (secondary N) is 2. The molecule has 8 heteroatoms. The van der Waals surface area contributed by atoms with E-state index in [0.717, 1.165) is 25.1 Å². The summed E-state index contributed by atoms with van der Waals surface area (Å²) in [5, 5.41) is 0. The third-order valence-corrected chi connectivity index (χ3v) is 5.56. The molecule has 0 saturated carbocycles. The number of carbonyl (C=O) groups excluding carboxylic acids is 3. The van der Waals surface area contributed by atoms with Crippen molar-refractivity contribution in [1.82, 2.24) is 20.7 Å². The van der Waals surface area contributed by atoms with Gasteiger partial charge in [-0.1, -0.05) is 44.2 Å². The molecule has 3 amide bonds. The fourth-order valence-corrected chi connectivity index (χ4v) is 3.61. The van der Waals surface area contributed by atoms with Crippen molar-refractivity contribution in [1.29, 1.82) is 0 Å². The van der Waals surface area contributed by atoms with Crippen LogP contribution in [-0.2, 0) is 22.6 Å². The second-order valence-corrected chi connectivity index (χ2v) is 7.65. The first-order valence-corrected chi connectivity index (χ1v) is 10.7. The molecule has 1 atom stereocenters. The molecule has 1 unspecified atom stereocenters. The molecule has 1 aliphatic rings. The van der Waals surface area contributed by atoms with Crippen LogP contribution < -0.4 is 10.9 Å². The molecule has 0 bridgehead atoms. The molecular weight excluding hydrogens is 396 g/mol. The van der Waals surface area contributed by atoms with Gasteiger partial charge >= 0.3 is 5.91 Å². The SMILES string of the molecule is CCN(CC)Cc1ccc(C(=O)NNC(=O)C2CC(=O)N(CCc3ccccc3)C2)o1. The number of carbonyl (C=O) groups is 3. The van der Waals surface area contributed by atoms with E-state index in [1.165, 1.54) is 0 Å². The van der Waals surface area contributed by atoms with Gasteiger partial charge in [-0.25, -0.2) is 0 Å². The highest BCUT2D eigenvalue weighted by Crippen LogP contribution is 2.18. The largest absolute Gasteiger partial charge is 0.454 e. The predicted molar refractivity (Wildman–Crippen MR) is 116 cm³/mol. The Morgan fingerprint density at radius 2 is 1.84 bits per heavy atom. The Morgan fingerprint density at radius 1 is 1.10 bits per heavy atom. The van der Waals surface area contributed by atoms with Crippen LogP contribution in [0.5, 0.6) is 0 Å². The minimum Gasteiger partial charge on any atom is -0.454 e. The number of rotatable bonds is 9. The Balaban J connectivity index is 1.44. The zero-order chi connectivity index (χ0) is 22.2. The van der Waals surface area contributed by atoms with E-state index in [-0.39, 0.29) is 24.0 Å². The van der Waals surface area contributed by atoms with Crippen molar-refractivity contribution in [2.75, 3.05) is 26.2 Å². The maximum absolute atomic E-state index is 12.4. The molecule has 2 N–H and O–H groups in total. The van der Waals surface area contributed by atoms with E-state index in [1.54, 1.807) is 17.0 Å². The van der Waals surface area contributed by atoms with E-state index in [4.69, 9.17) is 4.42 Å². The van der Waals surface area contributed by atoms with Gasteiger partial charge in [0.05, 0.1) is 12.5 Å². The summed E-state index contributed by atoms with van der Waals surface area (Å²) in [6, 6.07) is 13.3. The van der Waals surface area contributed by atoms with Crippen molar-refractivity contribution in [3.05, 3.63) is 59.5 Å². The Bertz CT molecular complexity index is 892. The quantitative estimate of drug-likeness (QED) is 0.598. The first-order chi connectivity index (χ1) is 15.0. The minimum atomic E-state index is -0.524. The molecule has 0 aliphatic carbocycles. The Kier molecular flexibility index (Phi) is 7.83. The molecule has 1 fully saturated rings. The summed E-state index contributed by atoms with van der Waals surface area (Å²) >= 11 is 0. The second kappa shape index (κ2) is 10.8. The standard InChI is InChI=1S/C23H30N4O4/c1-3-26(4-2)16-19-10-11-20(31-19)23(30)25-24-22(29)18-14-21(28)27(15-18)13-12-17-8-6-5-7-9-17/h5-11,18H,3-4,12-16H2,1-2H3,(H,24,29)(H,25,30). The molecule has 2 heterocycles. The zero-order valence-corrected chi connectivity index (χ0v) is 18.1. The van der Waals surface area contributed by atoms with E-state index in [2.05, 4.69) is 29.6 Å². The van der Waals surface area contributed by atoms with E-state index in [1.807, 2.05) is 30.3 Å². The summed E-state index contributed by atoms with van der Waals surface area (Å²) in [5.41, 5.74) is 5.95. The lowest BCUT2D eigenvalue weighted by Gasteiger charge is -2.16. The summed E-state index contributed by atoms with van der Waals surface area (Å²) in [5.74, 6) is -0.610. The van der Waals surface area contributed by atoms with Crippen molar-refractivity contribution in [3.8, 4) is 0 Å². The van der Waals surface area contributed by atoms with Crippen LogP contribution in [0.1, 0.15) is 42.1 Å². The lowest BCUT2D eigenvalue weighted by atomic mass is 10.1.